The fourth-order valence-corrected chi connectivity index (χ4v) is 1.71. The van der Waals surface area contributed by atoms with Crippen LogP contribution in [0.25, 0.3) is 0 Å². The second-order valence-electron chi connectivity index (χ2n) is 3.86. The Kier molecular flexibility index (Phi) is 3.72. The molecule has 1 heterocycles. The van der Waals surface area contributed by atoms with Crippen LogP contribution < -0.4 is 5.32 Å². The number of ether oxygens (including phenoxy) is 1. The van der Waals surface area contributed by atoms with Crippen molar-refractivity contribution in [1.29, 1.82) is 0 Å². The molecule has 13 heavy (non-hydrogen) atoms. The van der Waals surface area contributed by atoms with Crippen molar-refractivity contribution in [3.8, 4) is 0 Å². The SMILES string of the molecule is CCOC(=O)C1CNC(C)C(C)C1. The normalized spacial score (nSPS) is 34.2. The third kappa shape index (κ3) is 2.69. The highest BCUT2D eigenvalue weighted by molar-refractivity contribution is 5.72. The van der Waals surface area contributed by atoms with Crippen LogP contribution in [0.5, 0.6) is 0 Å². The van der Waals surface area contributed by atoms with Gasteiger partial charge in [-0.3, -0.25) is 4.79 Å². The molecule has 1 aliphatic heterocycles. The van der Waals surface area contributed by atoms with Crippen LogP contribution in [0.2, 0.25) is 0 Å². The summed E-state index contributed by atoms with van der Waals surface area (Å²) in [7, 11) is 0. The highest BCUT2D eigenvalue weighted by Crippen LogP contribution is 2.21. The minimum atomic E-state index is -0.0475. The van der Waals surface area contributed by atoms with E-state index in [1.165, 1.54) is 0 Å². The van der Waals surface area contributed by atoms with Gasteiger partial charge in [-0.1, -0.05) is 6.92 Å². The molecule has 0 aromatic carbocycles. The Bertz CT molecular complexity index is 182. The van der Waals surface area contributed by atoms with Gasteiger partial charge in [0.05, 0.1) is 12.5 Å². The number of piperidine rings is 1. The second kappa shape index (κ2) is 4.61. The van der Waals surface area contributed by atoms with Crippen molar-refractivity contribution in [3.05, 3.63) is 0 Å². The summed E-state index contributed by atoms with van der Waals surface area (Å²) in [4.78, 5) is 11.4. The maximum atomic E-state index is 11.4. The van der Waals surface area contributed by atoms with Crippen LogP contribution in [0.1, 0.15) is 27.2 Å². The molecule has 3 atom stereocenters. The molecule has 0 aromatic rings. The quantitative estimate of drug-likeness (QED) is 0.657. The van der Waals surface area contributed by atoms with Gasteiger partial charge in [0.25, 0.3) is 0 Å². The standard InChI is InChI=1S/C10H19NO2/c1-4-13-10(12)9-5-7(2)8(3)11-6-9/h7-9,11H,4-6H2,1-3H3. The fourth-order valence-electron chi connectivity index (χ4n) is 1.71. The van der Waals surface area contributed by atoms with Gasteiger partial charge < -0.3 is 10.1 Å². The average Bonchev–Trinajstić information content (AvgIpc) is 2.10. The number of carbonyl (C=O) groups is 1. The monoisotopic (exact) mass is 185 g/mol. The molecule has 3 nitrogen and oxygen atoms in total. The molecule has 3 heteroatoms. The predicted octanol–water partition coefficient (Wildman–Crippen LogP) is 1.18. The Morgan fingerprint density at radius 2 is 2.23 bits per heavy atom. The molecule has 0 saturated carbocycles. The van der Waals surface area contributed by atoms with Crippen molar-refractivity contribution in [1.82, 2.24) is 5.32 Å². The van der Waals surface area contributed by atoms with Crippen LogP contribution in [0.3, 0.4) is 0 Å². The summed E-state index contributed by atoms with van der Waals surface area (Å²) in [6.45, 7) is 7.43. The van der Waals surface area contributed by atoms with Gasteiger partial charge in [0, 0.05) is 12.6 Å². The lowest BCUT2D eigenvalue weighted by Crippen LogP contribution is -2.45. The van der Waals surface area contributed by atoms with E-state index >= 15 is 0 Å². The number of nitrogens with one attached hydrogen (secondary N) is 1. The van der Waals surface area contributed by atoms with Crippen molar-refractivity contribution in [2.24, 2.45) is 11.8 Å². The van der Waals surface area contributed by atoms with E-state index < -0.39 is 0 Å². The van der Waals surface area contributed by atoms with Gasteiger partial charge in [0.1, 0.15) is 0 Å². The number of hydrogen-bond acceptors (Lipinski definition) is 3. The maximum Gasteiger partial charge on any atom is 0.310 e. The highest BCUT2D eigenvalue weighted by atomic mass is 16.5. The first-order chi connectivity index (χ1) is 6.15. The van der Waals surface area contributed by atoms with Crippen molar-refractivity contribution in [3.63, 3.8) is 0 Å². The van der Waals surface area contributed by atoms with E-state index in [-0.39, 0.29) is 11.9 Å². The average molecular weight is 185 g/mol. The number of carbonyl (C=O) groups excluding carboxylic acids is 1. The first-order valence-electron chi connectivity index (χ1n) is 5.05. The largest absolute Gasteiger partial charge is 0.466 e. The van der Waals surface area contributed by atoms with Crippen molar-refractivity contribution < 1.29 is 9.53 Å². The highest BCUT2D eigenvalue weighted by Gasteiger charge is 2.29. The zero-order chi connectivity index (χ0) is 9.84. The fraction of sp³-hybridized carbons (Fsp3) is 0.900. The first-order valence-corrected chi connectivity index (χ1v) is 5.05. The predicted molar refractivity (Wildman–Crippen MR) is 51.4 cm³/mol. The molecule has 1 rings (SSSR count). The molecule has 1 N–H and O–H groups in total. The lowest BCUT2D eigenvalue weighted by Gasteiger charge is -2.31. The Labute approximate surface area is 79.8 Å². The smallest absolute Gasteiger partial charge is 0.310 e. The minimum Gasteiger partial charge on any atom is -0.466 e. The van der Waals surface area contributed by atoms with Gasteiger partial charge in [0.2, 0.25) is 0 Å². The van der Waals surface area contributed by atoms with E-state index in [2.05, 4.69) is 19.2 Å². The lowest BCUT2D eigenvalue weighted by atomic mass is 9.87. The third-order valence-electron chi connectivity index (χ3n) is 2.82. The Balaban J connectivity index is 2.40. The van der Waals surface area contributed by atoms with E-state index in [1.807, 2.05) is 6.92 Å². The molecule has 0 bridgehead atoms. The second-order valence-corrected chi connectivity index (χ2v) is 3.86. The van der Waals surface area contributed by atoms with Gasteiger partial charge in [-0.15, -0.1) is 0 Å². The summed E-state index contributed by atoms with van der Waals surface area (Å²) in [5.74, 6) is 0.572. The van der Waals surface area contributed by atoms with Crippen molar-refractivity contribution in [2.45, 2.75) is 33.2 Å². The molecule has 0 amide bonds. The molecule has 0 spiro atoms. The molecule has 1 fully saturated rings. The van der Waals surface area contributed by atoms with E-state index in [0.717, 1.165) is 13.0 Å². The van der Waals surface area contributed by atoms with E-state index in [9.17, 15) is 4.79 Å². The third-order valence-corrected chi connectivity index (χ3v) is 2.82. The van der Waals surface area contributed by atoms with E-state index in [4.69, 9.17) is 4.74 Å². The van der Waals surface area contributed by atoms with Gasteiger partial charge in [-0.25, -0.2) is 0 Å². The molecule has 3 unspecified atom stereocenters. The maximum absolute atomic E-state index is 11.4. The van der Waals surface area contributed by atoms with E-state index in [1.54, 1.807) is 0 Å². The minimum absolute atomic E-state index is 0.0475. The summed E-state index contributed by atoms with van der Waals surface area (Å²) in [5.41, 5.74) is 0. The van der Waals surface area contributed by atoms with Gasteiger partial charge in [-0.2, -0.15) is 0 Å². The summed E-state index contributed by atoms with van der Waals surface area (Å²) < 4.78 is 4.99. The summed E-state index contributed by atoms with van der Waals surface area (Å²) in [5, 5.41) is 3.32. The molecular weight excluding hydrogens is 166 g/mol. The molecular formula is C10H19NO2. The molecule has 1 saturated heterocycles. The van der Waals surface area contributed by atoms with E-state index in [0.29, 0.717) is 18.6 Å². The van der Waals surface area contributed by atoms with Crippen LogP contribution in [-0.2, 0) is 9.53 Å². The molecule has 1 aliphatic rings. The van der Waals surface area contributed by atoms with Crippen LogP contribution in [0.4, 0.5) is 0 Å². The Hall–Kier alpha value is -0.570. The number of esters is 1. The summed E-state index contributed by atoms with van der Waals surface area (Å²) >= 11 is 0. The number of hydrogen-bond donors (Lipinski definition) is 1. The molecule has 0 aliphatic carbocycles. The summed E-state index contributed by atoms with van der Waals surface area (Å²) in [6, 6.07) is 0.519. The Morgan fingerprint density at radius 1 is 1.54 bits per heavy atom. The zero-order valence-corrected chi connectivity index (χ0v) is 8.67. The van der Waals surface area contributed by atoms with Crippen LogP contribution in [-0.4, -0.2) is 25.2 Å². The van der Waals surface area contributed by atoms with Crippen LogP contribution in [0, 0.1) is 11.8 Å². The van der Waals surface area contributed by atoms with Gasteiger partial charge in [0.15, 0.2) is 0 Å². The van der Waals surface area contributed by atoms with Crippen molar-refractivity contribution in [2.75, 3.05) is 13.2 Å². The van der Waals surface area contributed by atoms with Crippen molar-refractivity contribution >= 4 is 5.97 Å². The molecule has 76 valence electrons. The molecule has 0 radical (unpaired) electrons. The zero-order valence-electron chi connectivity index (χ0n) is 8.67. The Morgan fingerprint density at radius 3 is 2.77 bits per heavy atom. The lowest BCUT2D eigenvalue weighted by molar-refractivity contribution is -0.149. The topological polar surface area (TPSA) is 38.3 Å². The first kappa shape index (κ1) is 10.5. The number of rotatable bonds is 2. The summed E-state index contributed by atoms with van der Waals surface area (Å²) in [6.07, 6.45) is 0.951. The van der Waals surface area contributed by atoms with Crippen LogP contribution >= 0.6 is 0 Å². The van der Waals surface area contributed by atoms with Crippen LogP contribution in [0.15, 0.2) is 0 Å². The van der Waals surface area contributed by atoms with Gasteiger partial charge in [-0.05, 0) is 26.2 Å². The van der Waals surface area contributed by atoms with Gasteiger partial charge >= 0.3 is 5.97 Å². The molecule has 0 aromatic heterocycles.